The number of rotatable bonds is 44. The zero-order chi connectivity index (χ0) is 52.6. The average molecular weight is 990 g/mol. The van der Waals surface area contributed by atoms with Crippen molar-refractivity contribution < 1.29 is 28.8 Å². The molecule has 0 aliphatic rings. The van der Waals surface area contributed by atoms with Crippen molar-refractivity contribution in [2.45, 2.75) is 207 Å². The summed E-state index contributed by atoms with van der Waals surface area (Å²) in [5, 5.41) is 20.2. The topological polar surface area (TPSA) is 80.3 Å². The lowest BCUT2D eigenvalue weighted by Crippen LogP contribution is -2.48. The number of carboxylic acids is 2. The van der Waals surface area contributed by atoms with Crippen molar-refractivity contribution in [2.24, 2.45) is 0 Å². The van der Waals surface area contributed by atoms with E-state index in [4.69, 9.17) is 0 Å². The highest BCUT2D eigenvalue weighted by Gasteiger charge is 2.27. The van der Waals surface area contributed by atoms with Gasteiger partial charge in [0.1, 0.15) is 13.1 Å². The quantitative estimate of drug-likeness (QED) is 0.0321. The van der Waals surface area contributed by atoms with E-state index in [-0.39, 0.29) is 11.1 Å². The molecular weight excluding hydrogens is 885 g/mol. The Hall–Kier alpha value is -4.52. The molecule has 3 aromatic carbocycles. The Bertz CT molecular complexity index is 1620. The number of nitrogens with zero attached hydrogens (tertiary/aromatic N) is 2. The van der Waals surface area contributed by atoms with E-state index in [1.807, 2.05) is 0 Å². The molecule has 72 heavy (non-hydrogen) atoms. The van der Waals surface area contributed by atoms with Crippen molar-refractivity contribution in [3.05, 3.63) is 158 Å². The molecule has 0 fully saturated rings. The third kappa shape index (κ3) is 34.0. The smallest absolute Gasteiger partial charge is 0.105 e. The summed E-state index contributed by atoms with van der Waals surface area (Å²) in [6.07, 6.45) is 47.9. The second kappa shape index (κ2) is 45.1. The third-order valence-electron chi connectivity index (χ3n) is 14.1. The Morgan fingerprint density at radius 1 is 0.361 bits per heavy atom. The summed E-state index contributed by atoms with van der Waals surface area (Å²) in [7, 11) is 0. The molecule has 0 saturated carbocycles. The van der Waals surface area contributed by atoms with Gasteiger partial charge in [0.05, 0.1) is 51.2 Å². The molecule has 0 spiro atoms. The molecule has 0 unspecified atom stereocenters. The van der Waals surface area contributed by atoms with E-state index in [2.05, 4.69) is 88.7 Å². The Morgan fingerprint density at radius 2 is 0.583 bits per heavy atom. The van der Waals surface area contributed by atoms with Crippen LogP contribution in [0.5, 0.6) is 0 Å². The second-order valence-corrected chi connectivity index (χ2v) is 20.6. The second-order valence-electron chi connectivity index (χ2n) is 20.6. The van der Waals surface area contributed by atoms with Crippen LogP contribution in [0.25, 0.3) is 0 Å². The molecule has 0 bridgehead atoms. The van der Waals surface area contributed by atoms with Gasteiger partial charge in [0.15, 0.2) is 0 Å². The first-order valence-corrected chi connectivity index (χ1v) is 28.9. The fraction of sp³-hybridized carbons (Fsp3) is 0.576. The predicted molar refractivity (Wildman–Crippen MR) is 307 cm³/mol. The number of benzene rings is 3. The van der Waals surface area contributed by atoms with Gasteiger partial charge in [0.2, 0.25) is 0 Å². The van der Waals surface area contributed by atoms with Gasteiger partial charge in [-0.15, -0.1) is 0 Å². The number of unbranched alkanes of at least 4 members (excludes halogenated alkanes) is 26. The summed E-state index contributed by atoms with van der Waals surface area (Å²) in [6.45, 7) is 29.8. The minimum atomic E-state index is -1.13. The number of aromatic carboxylic acids is 2. The van der Waals surface area contributed by atoms with Gasteiger partial charge in [-0.05, 0) is 61.1 Å². The molecule has 3 aromatic rings. The van der Waals surface area contributed by atoms with Crippen LogP contribution in [0.15, 0.2) is 136 Å². The van der Waals surface area contributed by atoms with Gasteiger partial charge in [-0.25, -0.2) is 0 Å². The van der Waals surface area contributed by atoms with E-state index in [1.165, 1.54) is 228 Å². The summed E-state index contributed by atoms with van der Waals surface area (Å²) in [4.78, 5) is 20.2. The minimum Gasteiger partial charge on any atom is -0.545 e. The zero-order valence-electron chi connectivity index (χ0n) is 46.2. The van der Waals surface area contributed by atoms with Crippen LogP contribution in [-0.2, 0) is 13.1 Å². The number of quaternary nitrogens is 2. The molecule has 0 aliphatic heterocycles. The lowest BCUT2D eigenvalue weighted by molar-refractivity contribution is -0.930. The highest BCUT2D eigenvalue weighted by atomic mass is 16.4. The third-order valence-corrected chi connectivity index (χ3v) is 14.1. The van der Waals surface area contributed by atoms with Crippen LogP contribution in [0.1, 0.15) is 225 Å². The Morgan fingerprint density at radius 3 is 0.778 bits per heavy atom. The first-order valence-electron chi connectivity index (χ1n) is 28.9. The number of hydrogen-bond donors (Lipinski definition) is 0. The molecule has 0 heterocycles. The molecule has 0 aromatic heterocycles. The van der Waals surface area contributed by atoms with E-state index in [9.17, 15) is 19.8 Å². The molecule has 0 atom stereocenters. The van der Waals surface area contributed by atoms with Crippen molar-refractivity contribution >= 4 is 11.9 Å². The standard InChI is InChI=1S/C52H94N2.2C7H6O2/c1-7-13-15-17-19-21-23-25-27-29-31-33-35-37-47-53(43-9-3,44-10-4)49-51-39-41-52(42-40-51)50-54(45-11-5,46-12-6)48-38-36-34-32-30-28-26-24-22-20-18-16-14-8-2;2*8-7(9)6-4-2-1-3-5-6/h9-12,39-42H,3-8,13-38,43-50H2,1-2H3;2*1-5H,(H,8,9)/q+2;;/p-2. The van der Waals surface area contributed by atoms with E-state index in [0.717, 1.165) is 48.2 Å². The lowest BCUT2D eigenvalue weighted by Gasteiger charge is -2.38. The summed E-state index contributed by atoms with van der Waals surface area (Å²) in [5.74, 6) is -2.26. The summed E-state index contributed by atoms with van der Waals surface area (Å²) >= 11 is 0. The number of carboxylic acid groups (broad SMARTS) is 2. The van der Waals surface area contributed by atoms with Gasteiger partial charge < -0.3 is 28.8 Å². The lowest BCUT2D eigenvalue weighted by atomic mass is 10.0. The molecule has 0 aliphatic carbocycles. The summed E-state index contributed by atoms with van der Waals surface area (Å²) in [5.41, 5.74) is 3.31. The van der Waals surface area contributed by atoms with Crippen LogP contribution in [0, 0.1) is 0 Å². The molecule has 6 nitrogen and oxygen atoms in total. The molecule has 6 heteroatoms. The van der Waals surface area contributed by atoms with Crippen LogP contribution in [0.2, 0.25) is 0 Å². The van der Waals surface area contributed by atoms with Gasteiger partial charge in [-0.3, -0.25) is 0 Å². The van der Waals surface area contributed by atoms with Crippen molar-refractivity contribution in [3.8, 4) is 0 Å². The van der Waals surface area contributed by atoms with Crippen LogP contribution in [-0.4, -0.2) is 60.2 Å². The fourth-order valence-corrected chi connectivity index (χ4v) is 9.98. The number of carbonyl (C=O) groups excluding carboxylic acids is 2. The summed E-state index contributed by atoms with van der Waals surface area (Å²) < 4.78 is 2.08. The fourth-order valence-electron chi connectivity index (χ4n) is 9.98. The Labute approximate surface area is 442 Å². The van der Waals surface area contributed by atoms with Crippen molar-refractivity contribution in [1.82, 2.24) is 0 Å². The molecular formula is C66H104N2O4. The van der Waals surface area contributed by atoms with Crippen molar-refractivity contribution in [3.63, 3.8) is 0 Å². The van der Waals surface area contributed by atoms with Gasteiger partial charge in [-0.2, -0.15) is 0 Å². The largest absolute Gasteiger partial charge is 0.545 e. The van der Waals surface area contributed by atoms with E-state index in [1.54, 1.807) is 36.4 Å². The average Bonchev–Trinajstić information content (AvgIpc) is 3.38. The van der Waals surface area contributed by atoms with E-state index < -0.39 is 11.9 Å². The Balaban J connectivity index is 0.00000118. The first-order chi connectivity index (χ1) is 35.1. The highest BCUT2D eigenvalue weighted by molar-refractivity contribution is 5.85. The molecule has 0 saturated heterocycles. The van der Waals surface area contributed by atoms with E-state index in [0.29, 0.717) is 0 Å². The van der Waals surface area contributed by atoms with Crippen LogP contribution >= 0.6 is 0 Å². The summed E-state index contributed by atoms with van der Waals surface area (Å²) in [6, 6.07) is 25.7. The van der Waals surface area contributed by atoms with Gasteiger partial charge >= 0.3 is 0 Å². The maximum absolute atomic E-state index is 10.1. The SMILES string of the molecule is C=CC[N+](CC=C)(CCCCCCCCCCCCCCCC)Cc1ccc(C[N+](CC=C)(CC=C)CCCCCCCCCCCCCCCC)cc1.O=C([O-])c1ccccc1.O=C([O-])c1ccccc1. The van der Waals surface area contributed by atoms with E-state index >= 15 is 0 Å². The molecule has 0 N–H and O–H groups in total. The van der Waals surface area contributed by atoms with Gasteiger partial charge in [-0.1, -0.05) is 279 Å². The normalized spacial score (nSPS) is 11.1. The Kier molecular flexibility index (Phi) is 41.0. The van der Waals surface area contributed by atoms with Crippen LogP contribution in [0.4, 0.5) is 0 Å². The maximum atomic E-state index is 10.1. The molecule has 0 amide bonds. The van der Waals surface area contributed by atoms with Gasteiger partial charge in [0, 0.05) is 11.1 Å². The highest BCUT2D eigenvalue weighted by Crippen LogP contribution is 2.23. The van der Waals surface area contributed by atoms with Crippen molar-refractivity contribution in [2.75, 3.05) is 39.3 Å². The molecule has 0 radical (unpaired) electrons. The predicted octanol–water partition coefficient (Wildman–Crippen LogP) is 16.1. The number of hydrogen-bond acceptors (Lipinski definition) is 4. The van der Waals surface area contributed by atoms with Crippen LogP contribution in [0.3, 0.4) is 0 Å². The monoisotopic (exact) mass is 989 g/mol. The minimum absolute atomic E-state index is 0.220. The molecule has 3 rings (SSSR count). The first kappa shape index (κ1) is 65.5. The number of carbonyl (C=O) groups is 2. The maximum Gasteiger partial charge on any atom is 0.105 e. The van der Waals surface area contributed by atoms with Crippen LogP contribution < -0.4 is 10.2 Å². The zero-order valence-corrected chi connectivity index (χ0v) is 46.2. The van der Waals surface area contributed by atoms with Gasteiger partial charge in [0.25, 0.3) is 0 Å². The molecule has 402 valence electrons. The van der Waals surface area contributed by atoms with Crippen molar-refractivity contribution in [1.29, 1.82) is 0 Å².